The fourth-order valence-electron chi connectivity index (χ4n) is 3.10. The molecular weight excluding hydrogens is 396 g/mol. The van der Waals surface area contributed by atoms with Crippen molar-refractivity contribution in [2.24, 2.45) is 0 Å². The van der Waals surface area contributed by atoms with Gasteiger partial charge in [-0.15, -0.1) is 0 Å². The number of hydrazine groups is 1. The molecule has 1 aromatic heterocycles. The maximum absolute atomic E-state index is 13.0. The van der Waals surface area contributed by atoms with Crippen molar-refractivity contribution >= 4 is 57.3 Å². The Hall–Kier alpha value is -3.04. The minimum atomic E-state index is -0.520. The molecule has 0 radical (unpaired) electrons. The molecule has 2 aliphatic heterocycles. The molecule has 7 nitrogen and oxygen atoms in total. The third-order valence-corrected chi connectivity index (χ3v) is 5.76. The number of hydrogen-bond acceptors (Lipinski definition) is 6. The lowest BCUT2D eigenvalue weighted by Crippen LogP contribution is -2.45. The van der Waals surface area contributed by atoms with Gasteiger partial charge in [0.2, 0.25) is 0 Å². The van der Waals surface area contributed by atoms with Crippen LogP contribution in [0.1, 0.15) is 22.8 Å². The van der Waals surface area contributed by atoms with E-state index in [4.69, 9.17) is 12.2 Å². The van der Waals surface area contributed by atoms with Gasteiger partial charge in [-0.2, -0.15) is 5.01 Å². The molecule has 140 valence electrons. The van der Waals surface area contributed by atoms with Crippen molar-refractivity contribution in [3.63, 3.8) is 0 Å². The van der Waals surface area contributed by atoms with Crippen molar-refractivity contribution in [2.75, 3.05) is 11.4 Å². The fourth-order valence-corrected chi connectivity index (χ4v) is 4.35. The van der Waals surface area contributed by atoms with E-state index < -0.39 is 11.8 Å². The summed E-state index contributed by atoms with van der Waals surface area (Å²) in [5, 5.41) is 1.01. The molecule has 4 rings (SSSR count). The number of nitrogens with one attached hydrogen (secondary N) is 1. The summed E-state index contributed by atoms with van der Waals surface area (Å²) in [5.41, 5.74) is 4.62. The zero-order valence-corrected chi connectivity index (χ0v) is 16.3. The highest BCUT2D eigenvalue weighted by atomic mass is 32.2. The number of anilines is 1. The van der Waals surface area contributed by atoms with Crippen LogP contribution in [0.5, 0.6) is 0 Å². The van der Waals surface area contributed by atoms with E-state index in [9.17, 15) is 14.4 Å². The number of rotatable bonds is 3. The number of pyridine rings is 1. The van der Waals surface area contributed by atoms with Gasteiger partial charge in [0.25, 0.3) is 17.7 Å². The molecule has 0 spiro atoms. The molecule has 9 heteroatoms. The van der Waals surface area contributed by atoms with Gasteiger partial charge in [-0.25, -0.2) is 0 Å². The van der Waals surface area contributed by atoms with Crippen molar-refractivity contribution in [1.29, 1.82) is 0 Å². The van der Waals surface area contributed by atoms with Crippen molar-refractivity contribution in [3.05, 3.63) is 64.8 Å². The third kappa shape index (κ3) is 2.88. The number of amides is 3. The number of carbonyl (C=O) groups is 3. The van der Waals surface area contributed by atoms with E-state index in [-0.39, 0.29) is 15.1 Å². The topological polar surface area (TPSA) is 82.6 Å². The van der Waals surface area contributed by atoms with Gasteiger partial charge < -0.3 is 4.90 Å². The van der Waals surface area contributed by atoms with E-state index in [1.165, 1.54) is 24.5 Å². The number of fused-ring (bicyclic) bond motifs is 1. The Morgan fingerprint density at radius 1 is 1.14 bits per heavy atom. The monoisotopic (exact) mass is 410 g/mol. The van der Waals surface area contributed by atoms with E-state index in [0.29, 0.717) is 23.2 Å². The second-order valence-electron chi connectivity index (χ2n) is 5.96. The number of nitrogens with zero attached hydrogens (tertiary/aromatic N) is 3. The van der Waals surface area contributed by atoms with Crippen molar-refractivity contribution in [1.82, 2.24) is 15.4 Å². The number of likely N-dealkylation sites (N-methyl/N-ethyl adjacent to an activating group) is 1. The number of hydrogen-bond donors (Lipinski definition) is 1. The molecule has 0 saturated carbocycles. The van der Waals surface area contributed by atoms with E-state index in [1.54, 1.807) is 11.0 Å². The summed E-state index contributed by atoms with van der Waals surface area (Å²) in [6, 6.07) is 10.4. The van der Waals surface area contributed by atoms with Gasteiger partial charge in [0.15, 0.2) is 4.32 Å². The Morgan fingerprint density at radius 2 is 1.86 bits per heavy atom. The average molecular weight is 410 g/mol. The van der Waals surface area contributed by atoms with Crippen LogP contribution >= 0.6 is 24.0 Å². The lowest BCUT2D eigenvalue weighted by Gasteiger charge is -2.15. The summed E-state index contributed by atoms with van der Waals surface area (Å²) in [7, 11) is 0. The predicted molar refractivity (Wildman–Crippen MR) is 110 cm³/mol. The molecule has 0 atom stereocenters. The molecule has 0 unspecified atom stereocenters. The predicted octanol–water partition coefficient (Wildman–Crippen LogP) is 2.36. The Morgan fingerprint density at radius 3 is 2.57 bits per heavy atom. The Labute approximate surface area is 170 Å². The molecule has 3 heterocycles. The summed E-state index contributed by atoms with van der Waals surface area (Å²) < 4.78 is 0.162. The SMILES string of the molecule is CCN1C(=O)C(=C2SC(=S)N(NC(=O)c3ccncc3)C2=O)c2ccccc21. The Kier molecular flexibility index (Phi) is 4.70. The van der Waals surface area contributed by atoms with E-state index >= 15 is 0 Å². The van der Waals surface area contributed by atoms with Crippen LogP contribution in [-0.2, 0) is 9.59 Å². The Balaban J connectivity index is 1.69. The first-order valence-corrected chi connectivity index (χ1v) is 9.68. The van der Waals surface area contributed by atoms with Crippen LogP contribution in [0.15, 0.2) is 53.7 Å². The van der Waals surface area contributed by atoms with Crippen LogP contribution < -0.4 is 10.3 Å². The smallest absolute Gasteiger partial charge is 0.286 e. The first kappa shape index (κ1) is 18.3. The largest absolute Gasteiger partial charge is 0.308 e. The lowest BCUT2D eigenvalue weighted by molar-refractivity contribution is -0.124. The van der Waals surface area contributed by atoms with Gasteiger partial charge in [0.05, 0.1) is 16.2 Å². The van der Waals surface area contributed by atoms with Crippen LogP contribution in [0, 0.1) is 0 Å². The lowest BCUT2D eigenvalue weighted by atomic mass is 10.1. The summed E-state index contributed by atoms with van der Waals surface area (Å²) in [6.07, 6.45) is 2.96. The summed E-state index contributed by atoms with van der Waals surface area (Å²) in [5.74, 6) is -1.25. The molecule has 1 N–H and O–H groups in total. The van der Waals surface area contributed by atoms with Gasteiger partial charge >= 0.3 is 0 Å². The highest BCUT2D eigenvalue weighted by Crippen LogP contribution is 2.43. The normalized spacial score (nSPS) is 18.7. The molecule has 1 saturated heterocycles. The number of carbonyl (C=O) groups excluding carboxylic acids is 3. The Bertz CT molecular complexity index is 1050. The zero-order valence-electron chi connectivity index (χ0n) is 14.7. The molecule has 3 amide bonds. The summed E-state index contributed by atoms with van der Waals surface area (Å²) >= 11 is 6.28. The molecule has 0 bridgehead atoms. The minimum Gasteiger partial charge on any atom is -0.308 e. The molecule has 1 aromatic carbocycles. The molecule has 2 aromatic rings. The van der Waals surface area contributed by atoms with Crippen LogP contribution in [0.25, 0.3) is 5.57 Å². The standard InChI is InChI=1S/C19H14N4O3S2/c1-2-22-13-6-4-3-5-12(13)14(17(22)25)15-18(26)23(19(27)28-15)21-16(24)11-7-9-20-10-8-11/h3-10H,2H2,1H3,(H,21,24). The second kappa shape index (κ2) is 7.17. The first-order valence-electron chi connectivity index (χ1n) is 8.45. The molecule has 0 aliphatic carbocycles. The number of thiocarbonyl (C=S) groups is 1. The highest BCUT2D eigenvalue weighted by molar-refractivity contribution is 8.26. The van der Waals surface area contributed by atoms with Gasteiger partial charge in [-0.05, 0) is 37.3 Å². The average Bonchev–Trinajstić information content (AvgIpc) is 3.15. The van der Waals surface area contributed by atoms with Crippen molar-refractivity contribution in [3.8, 4) is 0 Å². The summed E-state index contributed by atoms with van der Waals surface area (Å²) in [4.78, 5) is 44.0. The fraction of sp³-hybridized carbons (Fsp3) is 0.105. The summed E-state index contributed by atoms with van der Waals surface area (Å²) in [6.45, 7) is 2.36. The molecule has 28 heavy (non-hydrogen) atoms. The third-order valence-electron chi connectivity index (χ3n) is 4.39. The minimum absolute atomic E-state index is 0.162. The van der Waals surface area contributed by atoms with Crippen LogP contribution in [-0.4, -0.2) is 38.6 Å². The van der Waals surface area contributed by atoms with Crippen LogP contribution in [0.4, 0.5) is 5.69 Å². The van der Waals surface area contributed by atoms with Gasteiger partial charge in [0.1, 0.15) is 0 Å². The van der Waals surface area contributed by atoms with Gasteiger partial charge in [-0.1, -0.05) is 30.0 Å². The first-order chi connectivity index (χ1) is 13.5. The molecule has 1 fully saturated rings. The van der Waals surface area contributed by atoms with E-state index in [1.807, 2.05) is 25.1 Å². The van der Waals surface area contributed by atoms with Crippen molar-refractivity contribution in [2.45, 2.75) is 6.92 Å². The maximum Gasteiger partial charge on any atom is 0.286 e. The van der Waals surface area contributed by atoms with Crippen LogP contribution in [0.2, 0.25) is 0 Å². The zero-order chi connectivity index (χ0) is 19.8. The molecule has 2 aliphatic rings. The number of benzene rings is 1. The van der Waals surface area contributed by atoms with Crippen LogP contribution in [0.3, 0.4) is 0 Å². The maximum atomic E-state index is 13.0. The number of thioether (sulfide) groups is 1. The number of para-hydroxylation sites is 1. The van der Waals surface area contributed by atoms with Gasteiger partial charge in [-0.3, -0.25) is 24.8 Å². The quantitative estimate of drug-likeness (QED) is 0.618. The second-order valence-corrected chi connectivity index (χ2v) is 7.60. The van der Waals surface area contributed by atoms with E-state index in [2.05, 4.69) is 10.4 Å². The molecular formula is C19H14N4O3S2. The van der Waals surface area contributed by atoms with Crippen molar-refractivity contribution < 1.29 is 14.4 Å². The van der Waals surface area contributed by atoms with Gasteiger partial charge in [0, 0.05) is 30.1 Å². The highest BCUT2D eigenvalue weighted by Gasteiger charge is 2.42. The van der Waals surface area contributed by atoms with E-state index in [0.717, 1.165) is 22.5 Å². The number of aromatic nitrogens is 1.